The Morgan fingerprint density at radius 2 is 1.84 bits per heavy atom. The molecule has 25 heavy (non-hydrogen) atoms. The van der Waals surface area contributed by atoms with Crippen LogP contribution in [0.4, 0.5) is 4.39 Å². The van der Waals surface area contributed by atoms with Crippen LogP contribution in [0.2, 0.25) is 0 Å². The minimum absolute atomic E-state index is 0.00206. The average Bonchev–Trinajstić information content (AvgIpc) is 2.62. The third-order valence-corrected chi connectivity index (χ3v) is 3.98. The van der Waals surface area contributed by atoms with Gasteiger partial charge in [0.15, 0.2) is 0 Å². The second-order valence-corrected chi connectivity index (χ2v) is 5.43. The third-order valence-electron chi connectivity index (χ3n) is 3.98. The molecule has 0 aromatic heterocycles. The van der Waals surface area contributed by atoms with Crippen molar-refractivity contribution in [1.29, 1.82) is 0 Å². The largest absolute Gasteiger partial charge is 0.506 e. The fourth-order valence-electron chi connectivity index (χ4n) is 2.78. The number of methoxy groups -OCH3 is 1. The van der Waals surface area contributed by atoms with E-state index >= 15 is 0 Å². The van der Waals surface area contributed by atoms with Gasteiger partial charge in [-0.1, -0.05) is 18.2 Å². The first-order valence-corrected chi connectivity index (χ1v) is 7.82. The molecule has 0 aliphatic rings. The number of rotatable bonds is 4. The summed E-state index contributed by atoms with van der Waals surface area (Å²) in [6.45, 7) is 1.85. The number of phenols is 1. The number of hydrogen-bond acceptors (Lipinski definition) is 4. The molecule has 0 saturated heterocycles. The second kappa shape index (κ2) is 6.81. The molecule has 5 heteroatoms. The highest BCUT2D eigenvalue weighted by Gasteiger charge is 2.20. The lowest BCUT2D eigenvalue weighted by molar-refractivity contribution is 0.0523. The van der Waals surface area contributed by atoms with Crippen molar-refractivity contribution in [3.63, 3.8) is 0 Å². The van der Waals surface area contributed by atoms with Crippen molar-refractivity contribution in [1.82, 2.24) is 0 Å². The molecule has 0 saturated carbocycles. The van der Waals surface area contributed by atoms with Gasteiger partial charge in [-0.25, -0.2) is 9.18 Å². The zero-order chi connectivity index (χ0) is 18.0. The lowest BCUT2D eigenvalue weighted by Crippen LogP contribution is -2.06. The molecule has 0 atom stereocenters. The van der Waals surface area contributed by atoms with E-state index in [0.29, 0.717) is 27.6 Å². The van der Waals surface area contributed by atoms with E-state index < -0.39 is 11.8 Å². The molecule has 3 aromatic rings. The first kappa shape index (κ1) is 16.8. The molecule has 0 fully saturated rings. The Balaban J connectivity index is 2.37. The van der Waals surface area contributed by atoms with Gasteiger partial charge in [0.25, 0.3) is 0 Å². The molecular weight excluding hydrogens is 323 g/mol. The predicted octanol–water partition coefficient (Wildman–Crippen LogP) is 4.54. The molecule has 3 aromatic carbocycles. The summed E-state index contributed by atoms with van der Waals surface area (Å²) in [5.41, 5.74) is 0.803. The molecule has 0 unspecified atom stereocenters. The van der Waals surface area contributed by atoms with Gasteiger partial charge in [-0.3, -0.25) is 0 Å². The Labute approximate surface area is 144 Å². The number of aromatic hydroxyl groups is 1. The summed E-state index contributed by atoms with van der Waals surface area (Å²) in [6, 6.07) is 12.7. The quantitative estimate of drug-likeness (QED) is 0.709. The minimum Gasteiger partial charge on any atom is -0.506 e. The third kappa shape index (κ3) is 3.01. The summed E-state index contributed by atoms with van der Waals surface area (Å²) < 4.78 is 24.6. The summed E-state index contributed by atoms with van der Waals surface area (Å²) in [4.78, 5) is 12.2. The van der Waals surface area contributed by atoms with Crippen LogP contribution in [0.1, 0.15) is 17.3 Å². The van der Waals surface area contributed by atoms with Gasteiger partial charge in [-0.05, 0) is 48.2 Å². The molecular formula is C20H17FO4. The highest BCUT2D eigenvalue weighted by atomic mass is 19.1. The predicted molar refractivity (Wildman–Crippen MR) is 93.5 cm³/mol. The van der Waals surface area contributed by atoms with Crippen molar-refractivity contribution >= 4 is 16.7 Å². The Bertz CT molecular complexity index is 950. The molecule has 0 aliphatic carbocycles. The molecule has 0 aliphatic heterocycles. The van der Waals surface area contributed by atoms with Gasteiger partial charge >= 0.3 is 5.97 Å². The van der Waals surface area contributed by atoms with Crippen LogP contribution in [0, 0.1) is 5.82 Å². The van der Waals surface area contributed by atoms with Crippen LogP contribution in [0.25, 0.3) is 21.9 Å². The molecule has 1 N–H and O–H groups in total. The van der Waals surface area contributed by atoms with Crippen molar-refractivity contribution in [2.75, 3.05) is 13.7 Å². The number of halogens is 1. The number of esters is 1. The number of ether oxygens (including phenoxy) is 2. The highest BCUT2D eigenvalue weighted by Crippen LogP contribution is 2.39. The summed E-state index contributed by atoms with van der Waals surface area (Å²) in [6.07, 6.45) is 0. The lowest BCUT2D eigenvalue weighted by atomic mass is 9.94. The van der Waals surface area contributed by atoms with Crippen molar-refractivity contribution < 1.29 is 23.8 Å². The van der Waals surface area contributed by atoms with Crippen LogP contribution >= 0.6 is 0 Å². The molecule has 3 rings (SSSR count). The Morgan fingerprint density at radius 1 is 1.08 bits per heavy atom. The van der Waals surface area contributed by atoms with Gasteiger partial charge < -0.3 is 14.6 Å². The van der Waals surface area contributed by atoms with E-state index in [9.17, 15) is 14.3 Å². The van der Waals surface area contributed by atoms with E-state index in [1.165, 1.54) is 19.2 Å². The number of carbonyl (C=O) groups is 1. The van der Waals surface area contributed by atoms with Crippen molar-refractivity contribution in [2.45, 2.75) is 6.92 Å². The Morgan fingerprint density at radius 3 is 2.52 bits per heavy atom. The zero-order valence-electron chi connectivity index (χ0n) is 13.9. The first-order valence-electron chi connectivity index (χ1n) is 7.82. The van der Waals surface area contributed by atoms with Crippen molar-refractivity contribution in [3.8, 4) is 22.6 Å². The van der Waals surface area contributed by atoms with Gasteiger partial charge in [0.2, 0.25) is 0 Å². The number of fused-ring (bicyclic) bond motifs is 1. The molecule has 0 amide bonds. The number of phenolic OH excluding ortho intramolecular Hbond substituents is 1. The monoisotopic (exact) mass is 340 g/mol. The SMILES string of the molecule is CCOC(=O)c1cc(-c2ccccc2F)c2cc(OC)ccc2c1O. The Kier molecular flexibility index (Phi) is 4.57. The van der Waals surface area contributed by atoms with E-state index in [4.69, 9.17) is 9.47 Å². The topological polar surface area (TPSA) is 55.8 Å². The van der Waals surface area contributed by atoms with Gasteiger partial charge in [-0.2, -0.15) is 0 Å². The molecule has 0 bridgehead atoms. The molecule has 0 spiro atoms. The van der Waals surface area contributed by atoms with Crippen LogP contribution < -0.4 is 4.74 Å². The maximum atomic E-state index is 14.4. The normalized spacial score (nSPS) is 10.7. The summed E-state index contributed by atoms with van der Waals surface area (Å²) >= 11 is 0. The van der Waals surface area contributed by atoms with Gasteiger partial charge in [-0.15, -0.1) is 0 Å². The van der Waals surface area contributed by atoms with E-state index in [2.05, 4.69) is 0 Å². The standard InChI is InChI=1S/C20H17FO4/c1-3-25-20(23)17-11-16(13-6-4-5-7-18(13)21)15-10-12(24-2)8-9-14(15)19(17)22/h4-11,22H,3H2,1-2H3. The zero-order valence-corrected chi connectivity index (χ0v) is 13.9. The maximum absolute atomic E-state index is 14.4. The van der Waals surface area contributed by atoms with Crippen LogP contribution in [0.3, 0.4) is 0 Å². The van der Waals surface area contributed by atoms with E-state index in [0.717, 1.165) is 0 Å². The fourth-order valence-corrected chi connectivity index (χ4v) is 2.78. The number of hydrogen-bond donors (Lipinski definition) is 1. The van der Waals surface area contributed by atoms with Crippen molar-refractivity contribution in [2.24, 2.45) is 0 Å². The van der Waals surface area contributed by atoms with Crippen LogP contribution in [-0.4, -0.2) is 24.8 Å². The smallest absolute Gasteiger partial charge is 0.341 e. The summed E-state index contributed by atoms with van der Waals surface area (Å²) in [7, 11) is 1.52. The molecule has 0 radical (unpaired) electrons. The van der Waals surface area contributed by atoms with E-state index in [-0.39, 0.29) is 17.9 Å². The summed E-state index contributed by atoms with van der Waals surface area (Å²) in [5.74, 6) is -0.716. The van der Waals surface area contributed by atoms with Crippen LogP contribution in [-0.2, 0) is 4.74 Å². The highest BCUT2D eigenvalue weighted by molar-refractivity contribution is 6.08. The van der Waals surface area contributed by atoms with Crippen LogP contribution in [0.5, 0.6) is 11.5 Å². The number of carbonyl (C=O) groups excluding carboxylic acids is 1. The second-order valence-electron chi connectivity index (χ2n) is 5.43. The molecule has 4 nitrogen and oxygen atoms in total. The van der Waals surface area contributed by atoms with Gasteiger partial charge in [0.1, 0.15) is 22.9 Å². The van der Waals surface area contributed by atoms with E-state index in [1.807, 2.05) is 0 Å². The van der Waals surface area contributed by atoms with Gasteiger partial charge in [0.05, 0.1) is 13.7 Å². The molecule has 128 valence electrons. The minimum atomic E-state index is -0.657. The summed E-state index contributed by atoms with van der Waals surface area (Å²) in [5, 5.41) is 11.5. The van der Waals surface area contributed by atoms with Crippen LogP contribution in [0.15, 0.2) is 48.5 Å². The number of benzene rings is 3. The lowest BCUT2D eigenvalue weighted by Gasteiger charge is -2.14. The van der Waals surface area contributed by atoms with E-state index in [1.54, 1.807) is 43.3 Å². The van der Waals surface area contributed by atoms with Gasteiger partial charge in [0, 0.05) is 10.9 Å². The first-order chi connectivity index (χ1) is 12.1. The fraction of sp³-hybridized carbons (Fsp3) is 0.150. The average molecular weight is 340 g/mol. The maximum Gasteiger partial charge on any atom is 0.341 e. The molecule has 0 heterocycles. The Hall–Kier alpha value is -3.08. The van der Waals surface area contributed by atoms with Crippen molar-refractivity contribution in [3.05, 3.63) is 59.9 Å².